The molecule has 5 nitrogen and oxygen atoms in total. The smallest absolute Gasteiger partial charge is 0.253 e. The SMILES string of the molecule is CC(C)(C)NC(=O)CN1CCCN(C(=O)c2ccc(C3SCCS3)cc2)CC1. The van der Waals surface area contributed by atoms with Gasteiger partial charge >= 0.3 is 0 Å². The molecule has 0 atom stereocenters. The van der Waals surface area contributed by atoms with Crippen molar-refractivity contribution in [3.8, 4) is 0 Å². The van der Waals surface area contributed by atoms with Gasteiger partial charge in [0.1, 0.15) is 0 Å². The molecule has 2 amide bonds. The quantitative estimate of drug-likeness (QED) is 0.809. The predicted molar refractivity (Wildman–Crippen MR) is 119 cm³/mol. The van der Waals surface area contributed by atoms with Crippen molar-refractivity contribution >= 4 is 35.3 Å². The first-order chi connectivity index (χ1) is 13.3. The Labute approximate surface area is 177 Å². The summed E-state index contributed by atoms with van der Waals surface area (Å²) in [6.07, 6.45) is 0.891. The molecule has 0 saturated carbocycles. The van der Waals surface area contributed by atoms with Crippen LogP contribution in [0.2, 0.25) is 0 Å². The van der Waals surface area contributed by atoms with Crippen molar-refractivity contribution in [3.05, 3.63) is 35.4 Å². The van der Waals surface area contributed by atoms with Gasteiger partial charge in [-0.1, -0.05) is 12.1 Å². The lowest BCUT2D eigenvalue weighted by atomic mass is 10.1. The van der Waals surface area contributed by atoms with Gasteiger partial charge < -0.3 is 10.2 Å². The number of hydrogen-bond donors (Lipinski definition) is 1. The van der Waals surface area contributed by atoms with Gasteiger partial charge in [0.15, 0.2) is 0 Å². The van der Waals surface area contributed by atoms with Crippen molar-refractivity contribution < 1.29 is 9.59 Å². The van der Waals surface area contributed by atoms with Gasteiger partial charge in [-0.05, 0) is 44.9 Å². The Morgan fingerprint density at radius 1 is 1.04 bits per heavy atom. The molecule has 2 fully saturated rings. The highest BCUT2D eigenvalue weighted by Gasteiger charge is 2.23. The second-order valence-electron chi connectivity index (χ2n) is 8.42. The summed E-state index contributed by atoms with van der Waals surface area (Å²) in [7, 11) is 0. The highest BCUT2D eigenvalue weighted by Crippen LogP contribution is 2.45. The lowest BCUT2D eigenvalue weighted by Crippen LogP contribution is -2.46. The monoisotopic (exact) mass is 421 g/mol. The van der Waals surface area contributed by atoms with Gasteiger partial charge in [-0.3, -0.25) is 14.5 Å². The van der Waals surface area contributed by atoms with Crippen LogP contribution in [0.5, 0.6) is 0 Å². The van der Waals surface area contributed by atoms with E-state index in [0.29, 0.717) is 17.7 Å². The van der Waals surface area contributed by atoms with Gasteiger partial charge in [0.2, 0.25) is 5.91 Å². The number of thioether (sulfide) groups is 2. The number of rotatable bonds is 4. The maximum absolute atomic E-state index is 12.9. The molecule has 2 aliphatic heterocycles. The number of carbonyl (C=O) groups is 2. The molecule has 3 rings (SSSR count). The zero-order valence-corrected chi connectivity index (χ0v) is 18.7. The number of nitrogens with zero attached hydrogens (tertiary/aromatic N) is 2. The molecule has 0 aromatic heterocycles. The molecule has 28 heavy (non-hydrogen) atoms. The van der Waals surface area contributed by atoms with Gasteiger partial charge in [0, 0.05) is 48.8 Å². The average molecular weight is 422 g/mol. The van der Waals surface area contributed by atoms with Crippen molar-refractivity contribution in [1.29, 1.82) is 0 Å². The van der Waals surface area contributed by atoms with Gasteiger partial charge in [0.25, 0.3) is 5.91 Å². The van der Waals surface area contributed by atoms with E-state index in [1.807, 2.05) is 61.3 Å². The summed E-state index contributed by atoms with van der Waals surface area (Å²) >= 11 is 3.96. The fourth-order valence-electron chi connectivity index (χ4n) is 3.51. The zero-order valence-electron chi connectivity index (χ0n) is 17.1. The number of nitrogens with one attached hydrogen (secondary N) is 1. The summed E-state index contributed by atoms with van der Waals surface area (Å²) in [4.78, 5) is 29.2. The van der Waals surface area contributed by atoms with Crippen LogP contribution in [0.3, 0.4) is 0 Å². The third-order valence-electron chi connectivity index (χ3n) is 4.81. The van der Waals surface area contributed by atoms with Crippen LogP contribution < -0.4 is 5.32 Å². The van der Waals surface area contributed by atoms with Crippen LogP contribution in [0.25, 0.3) is 0 Å². The summed E-state index contributed by atoms with van der Waals surface area (Å²) in [6, 6.07) is 8.14. The molecule has 0 bridgehead atoms. The van der Waals surface area contributed by atoms with E-state index in [1.165, 1.54) is 17.1 Å². The molecule has 0 radical (unpaired) electrons. The van der Waals surface area contributed by atoms with Crippen LogP contribution in [0.1, 0.15) is 47.7 Å². The van der Waals surface area contributed by atoms with Gasteiger partial charge in [0.05, 0.1) is 11.1 Å². The van der Waals surface area contributed by atoms with Crippen molar-refractivity contribution in [2.45, 2.75) is 37.3 Å². The lowest BCUT2D eigenvalue weighted by Gasteiger charge is -2.25. The minimum absolute atomic E-state index is 0.0468. The maximum atomic E-state index is 12.9. The fraction of sp³-hybridized carbons (Fsp3) is 0.619. The summed E-state index contributed by atoms with van der Waals surface area (Å²) in [5.74, 6) is 2.55. The molecule has 7 heteroatoms. The number of hydrogen-bond acceptors (Lipinski definition) is 5. The Morgan fingerprint density at radius 3 is 2.36 bits per heavy atom. The van der Waals surface area contributed by atoms with Gasteiger partial charge in [-0.2, -0.15) is 0 Å². The second-order valence-corrected chi connectivity index (χ2v) is 11.1. The van der Waals surface area contributed by atoms with E-state index in [1.54, 1.807) is 0 Å². The van der Waals surface area contributed by atoms with Crippen molar-refractivity contribution in [2.75, 3.05) is 44.2 Å². The highest BCUT2D eigenvalue weighted by molar-refractivity contribution is 8.19. The zero-order chi connectivity index (χ0) is 20.1. The molecule has 1 aromatic carbocycles. The molecule has 2 heterocycles. The Kier molecular flexibility index (Phi) is 7.34. The molecule has 2 aliphatic rings. The van der Waals surface area contributed by atoms with E-state index < -0.39 is 0 Å². The fourth-order valence-corrected chi connectivity index (χ4v) is 6.37. The summed E-state index contributed by atoms with van der Waals surface area (Å²) in [5, 5.41) is 3.01. The lowest BCUT2D eigenvalue weighted by molar-refractivity contribution is -0.123. The Balaban J connectivity index is 1.53. The van der Waals surface area contributed by atoms with Gasteiger partial charge in [-0.15, -0.1) is 23.5 Å². The summed E-state index contributed by atoms with van der Waals surface area (Å²) in [5.41, 5.74) is 1.85. The first kappa shape index (κ1) is 21.5. The largest absolute Gasteiger partial charge is 0.350 e. The third kappa shape index (κ3) is 6.16. The third-order valence-corrected chi connectivity index (χ3v) is 7.91. The minimum atomic E-state index is -0.216. The first-order valence-corrected chi connectivity index (χ1v) is 12.1. The Hall–Kier alpha value is -1.18. The topological polar surface area (TPSA) is 52.7 Å². The minimum Gasteiger partial charge on any atom is -0.350 e. The summed E-state index contributed by atoms with van der Waals surface area (Å²) in [6.45, 7) is 9.34. The first-order valence-electron chi connectivity index (χ1n) is 9.98. The molecule has 0 spiro atoms. The van der Waals surface area contributed by atoms with Crippen molar-refractivity contribution in [2.24, 2.45) is 0 Å². The van der Waals surface area contributed by atoms with Crippen molar-refractivity contribution in [1.82, 2.24) is 15.1 Å². The Bertz CT molecular complexity index is 682. The molecular weight excluding hydrogens is 390 g/mol. The predicted octanol–water partition coefficient (Wildman–Crippen LogP) is 3.23. The highest BCUT2D eigenvalue weighted by atomic mass is 32.2. The maximum Gasteiger partial charge on any atom is 0.253 e. The molecular formula is C21H31N3O2S2. The van der Waals surface area contributed by atoms with E-state index in [-0.39, 0.29) is 17.4 Å². The van der Waals surface area contributed by atoms with E-state index in [4.69, 9.17) is 0 Å². The second kappa shape index (κ2) is 9.55. The van der Waals surface area contributed by atoms with Crippen LogP contribution >= 0.6 is 23.5 Å². The van der Waals surface area contributed by atoms with Crippen LogP contribution in [-0.4, -0.2) is 71.4 Å². The standard InChI is InChI=1S/C21H31N3O2S2/c1-21(2,3)22-18(25)15-23-9-4-10-24(12-11-23)19(26)16-5-7-17(8-6-16)20-27-13-14-28-20/h5-8,20H,4,9-15H2,1-3H3,(H,22,25). The molecule has 2 saturated heterocycles. The molecule has 1 N–H and O–H groups in total. The molecule has 154 valence electrons. The van der Waals surface area contributed by atoms with E-state index >= 15 is 0 Å². The molecule has 1 aromatic rings. The van der Waals surface area contributed by atoms with Crippen LogP contribution in [0.15, 0.2) is 24.3 Å². The summed E-state index contributed by atoms with van der Waals surface area (Å²) < 4.78 is 0.509. The van der Waals surface area contributed by atoms with Crippen LogP contribution in [0, 0.1) is 0 Å². The van der Waals surface area contributed by atoms with E-state index in [9.17, 15) is 9.59 Å². The van der Waals surface area contributed by atoms with Gasteiger partial charge in [-0.25, -0.2) is 0 Å². The number of amides is 2. The average Bonchev–Trinajstić information content (AvgIpc) is 3.07. The molecule has 0 unspecified atom stereocenters. The normalized spacial score (nSPS) is 19.5. The Morgan fingerprint density at radius 2 is 1.71 bits per heavy atom. The van der Waals surface area contributed by atoms with Crippen LogP contribution in [-0.2, 0) is 4.79 Å². The van der Waals surface area contributed by atoms with Crippen molar-refractivity contribution in [3.63, 3.8) is 0 Å². The van der Waals surface area contributed by atoms with E-state index in [0.717, 1.165) is 31.6 Å². The van der Waals surface area contributed by atoms with E-state index in [2.05, 4.69) is 22.3 Å². The number of carbonyl (C=O) groups excluding carboxylic acids is 2. The molecule has 0 aliphatic carbocycles. The van der Waals surface area contributed by atoms with Crippen LogP contribution in [0.4, 0.5) is 0 Å². The number of benzene rings is 1.